The smallest absolute Gasteiger partial charge is 0.253 e. The summed E-state index contributed by atoms with van der Waals surface area (Å²) in [6.07, 6.45) is 5.80. The molecule has 1 amide bonds. The highest BCUT2D eigenvalue weighted by Crippen LogP contribution is 2.26. The number of benzene rings is 1. The molecule has 25 heavy (non-hydrogen) atoms. The number of piperidine rings is 1. The van der Waals surface area contributed by atoms with Crippen LogP contribution in [0.25, 0.3) is 0 Å². The second-order valence-electron chi connectivity index (χ2n) is 7.34. The molecule has 5 heteroatoms. The maximum Gasteiger partial charge on any atom is 0.253 e. The molecule has 0 aromatic heterocycles. The number of nitrogens with zero attached hydrogens (tertiary/aromatic N) is 2. The molecule has 0 saturated carbocycles. The van der Waals surface area contributed by atoms with E-state index >= 15 is 0 Å². The molecule has 5 nitrogen and oxygen atoms in total. The van der Waals surface area contributed by atoms with Crippen molar-refractivity contribution in [3.05, 3.63) is 35.4 Å². The Hall–Kier alpha value is -1.43. The minimum atomic E-state index is -0.0729. The van der Waals surface area contributed by atoms with Crippen molar-refractivity contribution in [3.63, 3.8) is 0 Å². The van der Waals surface area contributed by atoms with Crippen LogP contribution in [0, 0.1) is 0 Å². The zero-order valence-corrected chi connectivity index (χ0v) is 14.9. The summed E-state index contributed by atoms with van der Waals surface area (Å²) in [4.78, 5) is 16.9. The van der Waals surface area contributed by atoms with Gasteiger partial charge in [0.05, 0.1) is 19.3 Å². The van der Waals surface area contributed by atoms with E-state index in [1.54, 1.807) is 0 Å². The highest BCUT2D eigenvalue weighted by Gasteiger charge is 2.33. The Morgan fingerprint density at radius 3 is 2.36 bits per heavy atom. The van der Waals surface area contributed by atoms with Crippen LogP contribution in [0.5, 0.6) is 0 Å². The van der Waals surface area contributed by atoms with E-state index in [0.717, 1.165) is 51.0 Å². The quantitative estimate of drug-likeness (QED) is 0.842. The maximum atomic E-state index is 12.5. The molecule has 1 aromatic carbocycles. The molecule has 1 atom stereocenters. The molecule has 3 fully saturated rings. The van der Waals surface area contributed by atoms with Crippen molar-refractivity contribution < 1.29 is 14.3 Å². The van der Waals surface area contributed by atoms with Gasteiger partial charge in [-0.25, -0.2) is 0 Å². The zero-order valence-electron chi connectivity index (χ0n) is 14.9. The monoisotopic (exact) mass is 344 g/mol. The van der Waals surface area contributed by atoms with Crippen LogP contribution in [-0.4, -0.2) is 60.9 Å². The SMILES string of the molecule is O=C(c1ccc(CN2CCCCC2C2OCCO2)cc1)N1CCCC1. The fraction of sp³-hybridized carbons (Fsp3) is 0.650. The highest BCUT2D eigenvalue weighted by atomic mass is 16.7. The summed E-state index contributed by atoms with van der Waals surface area (Å²) in [6, 6.07) is 8.52. The summed E-state index contributed by atoms with van der Waals surface area (Å²) in [5, 5.41) is 0. The number of likely N-dealkylation sites (tertiary alicyclic amines) is 2. The van der Waals surface area contributed by atoms with Crippen LogP contribution >= 0.6 is 0 Å². The number of carbonyl (C=O) groups is 1. The molecule has 1 aromatic rings. The van der Waals surface area contributed by atoms with Gasteiger partial charge in [0.2, 0.25) is 0 Å². The van der Waals surface area contributed by atoms with Gasteiger partial charge in [-0.15, -0.1) is 0 Å². The van der Waals surface area contributed by atoms with Crippen molar-refractivity contribution in [1.29, 1.82) is 0 Å². The van der Waals surface area contributed by atoms with E-state index in [-0.39, 0.29) is 12.2 Å². The first kappa shape index (κ1) is 17.0. The molecule has 0 bridgehead atoms. The van der Waals surface area contributed by atoms with E-state index in [1.165, 1.54) is 18.4 Å². The number of hydrogen-bond acceptors (Lipinski definition) is 4. The van der Waals surface area contributed by atoms with Gasteiger partial charge < -0.3 is 14.4 Å². The fourth-order valence-corrected chi connectivity index (χ4v) is 4.21. The molecule has 0 N–H and O–H groups in total. The summed E-state index contributed by atoms with van der Waals surface area (Å²) in [5.41, 5.74) is 2.06. The lowest BCUT2D eigenvalue weighted by atomic mass is 10.00. The molecule has 3 heterocycles. The summed E-state index contributed by atoms with van der Waals surface area (Å²) >= 11 is 0. The summed E-state index contributed by atoms with van der Waals surface area (Å²) < 4.78 is 11.5. The Bertz CT molecular complexity index is 577. The fourth-order valence-electron chi connectivity index (χ4n) is 4.21. The van der Waals surface area contributed by atoms with E-state index < -0.39 is 0 Å². The van der Waals surface area contributed by atoms with Crippen LogP contribution in [0.3, 0.4) is 0 Å². The van der Waals surface area contributed by atoms with E-state index in [2.05, 4.69) is 17.0 Å². The molecule has 136 valence electrons. The average molecular weight is 344 g/mol. The van der Waals surface area contributed by atoms with Gasteiger partial charge in [0.25, 0.3) is 5.91 Å². The second kappa shape index (κ2) is 7.85. The molecular weight excluding hydrogens is 316 g/mol. The van der Waals surface area contributed by atoms with Crippen LogP contribution < -0.4 is 0 Å². The maximum absolute atomic E-state index is 12.5. The Balaban J connectivity index is 1.40. The highest BCUT2D eigenvalue weighted by molar-refractivity contribution is 5.94. The lowest BCUT2D eigenvalue weighted by molar-refractivity contribution is -0.111. The summed E-state index contributed by atoms with van der Waals surface area (Å²) in [5.74, 6) is 0.174. The molecule has 3 aliphatic heterocycles. The van der Waals surface area contributed by atoms with Gasteiger partial charge in [-0.3, -0.25) is 9.69 Å². The normalized spacial score (nSPS) is 25.6. The number of ether oxygens (including phenoxy) is 2. The third-order valence-electron chi connectivity index (χ3n) is 5.61. The van der Waals surface area contributed by atoms with Gasteiger partial charge in [-0.2, -0.15) is 0 Å². The molecule has 1 unspecified atom stereocenters. The first-order valence-electron chi connectivity index (χ1n) is 9.67. The number of amides is 1. The van der Waals surface area contributed by atoms with E-state index in [4.69, 9.17) is 9.47 Å². The topological polar surface area (TPSA) is 42.0 Å². The van der Waals surface area contributed by atoms with Crippen molar-refractivity contribution in [1.82, 2.24) is 9.80 Å². The van der Waals surface area contributed by atoms with Gasteiger partial charge in [0.1, 0.15) is 0 Å². The molecule has 0 aliphatic carbocycles. The molecule has 4 rings (SSSR count). The van der Waals surface area contributed by atoms with Crippen LogP contribution in [0.1, 0.15) is 48.0 Å². The van der Waals surface area contributed by atoms with Crippen molar-refractivity contribution in [2.45, 2.75) is 51.0 Å². The van der Waals surface area contributed by atoms with Crippen molar-refractivity contribution in [3.8, 4) is 0 Å². The van der Waals surface area contributed by atoms with Gasteiger partial charge >= 0.3 is 0 Å². The molecule has 0 spiro atoms. The number of hydrogen-bond donors (Lipinski definition) is 0. The van der Waals surface area contributed by atoms with Crippen LogP contribution in [-0.2, 0) is 16.0 Å². The van der Waals surface area contributed by atoms with Gasteiger partial charge in [-0.1, -0.05) is 18.6 Å². The predicted molar refractivity (Wildman–Crippen MR) is 95.3 cm³/mol. The molecule has 3 aliphatic rings. The van der Waals surface area contributed by atoms with Gasteiger partial charge in [0.15, 0.2) is 6.29 Å². The van der Waals surface area contributed by atoms with Crippen molar-refractivity contribution in [2.24, 2.45) is 0 Å². The lowest BCUT2D eigenvalue weighted by Crippen LogP contribution is -2.46. The molecule has 0 radical (unpaired) electrons. The minimum absolute atomic E-state index is 0.0729. The molecule has 3 saturated heterocycles. The zero-order chi connectivity index (χ0) is 17.1. The van der Waals surface area contributed by atoms with E-state index in [9.17, 15) is 4.79 Å². The third kappa shape index (κ3) is 3.89. The largest absolute Gasteiger partial charge is 0.349 e. The first-order chi connectivity index (χ1) is 12.3. The predicted octanol–water partition coefficient (Wildman–Crippen LogP) is 2.65. The summed E-state index contributed by atoms with van der Waals surface area (Å²) in [7, 11) is 0. The van der Waals surface area contributed by atoms with E-state index in [0.29, 0.717) is 19.3 Å². The molecular formula is C20H28N2O3. The Labute approximate surface area is 149 Å². The van der Waals surface area contributed by atoms with Crippen LogP contribution in [0.4, 0.5) is 0 Å². The van der Waals surface area contributed by atoms with Crippen molar-refractivity contribution >= 4 is 5.91 Å². The average Bonchev–Trinajstić information content (AvgIpc) is 3.36. The third-order valence-corrected chi connectivity index (χ3v) is 5.61. The van der Waals surface area contributed by atoms with Crippen molar-refractivity contribution in [2.75, 3.05) is 32.8 Å². The lowest BCUT2D eigenvalue weighted by Gasteiger charge is -2.38. The van der Waals surface area contributed by atoms with E-state index in [1.807, 2.05) is 17.0 Å². The number of rotatable bonds is 4. The number of carbonyl (C=O) groups excluding carboxylic acids is 1. The Morgan fingerprint density at radius 2 is 1.64 bits per heavy atom. The summed E-state index contributed by atoms with van der Waals surface area (Å²) in [6.45, 7) is 5.20. The Morgan fingerprint density at radius 1 is 0.960 bits per heavy atom. The Kier molecular flexibility index (Phi) is 5.34. The van der Waals surface area contributed by atoms with Crippen LogP contribution in [0.15, 0.2) is 24.3 Å². The standard InChI is InChI=1S/C20H28N2O3/c23-19(21-10-3-4-11-21)17-8-6-16(7-9-17)15-22-12-2-1-5-18(22)20-24-13-14-25-20/h6-9,18,20H,1-5,10-15H2. The second-order valence-corrected chi connectivity index (χ2v) is 7.34. The van der Waals surface area contributed by atoms with Gasteiger partial charge in [0, 0.05) is 25.2 Å². The van der Waals surface area contributed by atoms with Crippen LogP contribution in [0.2, 0.25) is 0 Å². The minimum Gasteiger partial charge on any atom is -0.349 e. The first-order valence-corrected chi connectivity index (χ1v) is 9.67. The van der Waals surface area contributed by atoms with Gasteiger partial charge in [-0.05, 0) is 49.9 Å².